The summed E-state index contributed by atoms with van der Waals surface area (Å²) in [7, 11) is 1.54. The average Bonchev–Trinajstić information content (AvgIpc) is 3.16. The van der Waals surface area contributed by atoms with Crippen LogP contribution in [0.4, 0.5) is 5.69 Å². The fraction of sp³-hybridized carbons (Fsp3) is 0.286. The van der Waals surface area contributed by atoms with Gasteiger partial charge in [-0.05, 0) is 37.1 Å². The van der Waals surface area contributed by atoms with Crippen molar-refractivity contribution >= 4 is 23.2 Å². The topological polar surface area (TPSA) is 67.0 Å². The normalized spacial score (nSPS) is 14.1. The van der Waals surface area contributed by atoms with Crippen LogP contribution in [0.5, 0.6) is 5.75 Å². The molecule has 1 heterocycles. The third kappa shape index (κ3) is 2.63. The molecule has 1 saturated carbocycles. The Morgan fingerprint density at radius 3 is 2.95 bits per heavy atom. The Kier molecular flexibility index (Phi) is 3.36. The number of halogens is 1. The van der Waals surface area contributed by atoms with Gasteiger partial charge in [0.1, 0.15) is 5.75 Å². The summed E-state index contributed by atoms with van der Waals surface area (Å²) in [6.45, 7) is 0. The van der Waals surface area contributed by atoms with Crippen LogP contribution in [-0.2, 0) is 0 Å². The molecule has 0 aliphatic heterocycles. The van der Waals surface area contributed by atoms with Crippen LogP contribution in [0.3, 0.4) is 0 Å². The van der Waals surface area contributed by atoms with Crippen molar-refractivity contribution in [2.75, 3.05) is 12.4 Å². The van der Waals surface area contributed by atoms with Gasteiger partial charge in [0.2, 0.25) is 0 Å². The van der Waals surface area contributed by atoms with E-state index in [1.807, 2.05) is 0 Å². The summed E-state index contributed by atoms with van der Waals surface area (Å²) >= 11 is 5.93. The van der Waals surface area contributed by atoms with E-state index in [9.17, 15) is 4.79 Å². The summed E-state index contributed by atoms with van der Waals surface area (Å²) < 4.78 is 5.19. The predicted molar refractivity (Wildman–Crippen MR) is 76.5 cm³/mol. The maximum Gasteiger partial charge on any atom is 0.276 e. The van der Waals surface area contributed by atoms with Crippen molar-refractivity contribution in [1.82, 2.24) is 10.2 Å². The molecule has 1 aliphatic carbocycles. The molecule has 0 bridgehead atoms. The largest absolute Gasteiger partial charge is 0.495 e. The van der Waals surface area contributed by atoms with Crippen LogP contribution < -0.4 is 10.1 Å². The van der Waals surface area contributed by atoms with Crippen molar-refractivity contribution in [3.8, 4) is 5.75 Å². The van der Waals surface area contributed by atoms with E-state index in [0.717, 1.165) is 18.5 Å². The highest BCUT2D eigenvalue weighted by Gasteiger charge is 2.26. The maximum atomic E-state index is 12.2. The van der Waals surface area contributed by atoms with Gasteiger partial charge < -0.3 is 10.1 Å². The van der Waals surface area contributed by atoms with Crippen molar-refractivity contribution in [2.24, 2.45) is 0 Å². The van der Waals surface area contributed by atoms with Gasteiger partial charge in [-0.25, -0.2) is 0 Å². The molecule has 5 nitrogen and oxygen atoms in total. The van der Waals surface area contributed by atoms with Crippen molar-refractivity contribution < 1.29 is 9.53 Å². The third-order valence-corrected chi connectivity index (χ3v) is 3.49. The fourth-order valence-corrected chi connectivity index (χ4v) is 2.19. The van der Waals surface area contributed by atoms with E-state index in [4.69, 9.17) is 16.3 Å². The minimum absolute atomic E-state index is 0.284. The van der Waals surface area contributed by atoms with Crippen LogP contribution in [0.2, 0.25) is 5.02 Å². The number of carbonyl (C=O) groups is 1. The number of nitrogens with one attached hydrogen (secondary N) is 2. The number of anilines is 1. The first-order chi connectivity index (χ1) is 9.67. The molecule has 0 spiro atoms. The molecular weight excluding hydrogens is 278 g/mol. The molecule has 104 valence electrons. The lowest BCUT2D eigenvalue weighted by atomic mass is 10.2. The first kappa shape index (κ1) is 13.0. The Balaban J connectivity index is 1.79. The molecule has 1 amide bonds. The molecule has 2 N–H and O–H groups in total. The molecule has 20 heavy (non-hydrogen) atoms. The van der Waals surface area contributed by atoms with Gasteiger partial charge >= 0.3 is 0 Å². The summed E-state index contributed by atoms with van der Waals surface area (Å²) in [4.78, 5) is 12.2. The standard InChI is InChI=1S/C14H14ClN3O2/c1-20-13-5-4-9(15)6-11(13)16-14(19)12-7-10(17-18-12)8-2-3-8/h4-8H,2-3H2,1H3,(H,16,19)(H,17,18). The number of methoxy groups -OCH3 is 1. The lowest BCUT2D eigenvalue weighted by Gasteiger charge is -2.09. The third-order valence-electron chi connectivity index (χ3n) is 3.26. The monoisotopic (exact) mass is 291 g/mol. The summed E-state index contributed by atoms with van der Waals surface area (Å²) in [5, 5.41) is 10.2. The second-order valence-electron chi connectivity index (χ2n) is 4.78. The summed E-state index contributed by atoms with van der Waals surface area (Å²) in [6.07, 6.45) is 2.32. The number of amides is 1. The molecule has 1 aliphatic rings. The Bertz CT molecular complexity index is 650. The van der Waals surface area contributed by atoms with Gasteiger partial charge in [0.15, 0.2) is 5.69 Å². The SMILES string of the molecule is COc1ccc(Cl)cc1NC(=O)c1cc(C2CC2)[nH]n1. The lowest BCUT2D eigenvalue weighted by Crippen LogP contribution is -2.13. The zero-order valence-corrected chi connectivity index (χ0v) is 11.7. The number of hydrogen-bond acceptors (Lipinski definition) is 3. The number of carbonyl (C=O) groups excluding carboxylic acids is 1. The number of aromatic amines is 1. The highest BCUT2D eigenvalue weighted by atomic mass is 35.5. The van der Waals surface area contributed by atoms with E-state index in [0.29, 0.717) is 28.1 Å². The van der Waals surface area contributed by atoms with Crippen LogP contribution in [0, 0.1) is 0 Å². The van der Waals surface area contributed by atoms with Crippen molar-refractivity contribution in [1.29, 1.82) is 0 Å². The molecule has 2 aromatic rings. The van der Waals surface area contributed by atoms with Gasteiger partial charge in [0.05, 0.1) is 12.8 Å². The van der Waals surface area contributed by atoms with Crippen LogP contribution in [0.15, 0.2) is 24.3 Å². The number of ether oxygens (including phenoxy) is 1. The van der Waals surface area contributed by atoms with Gasteiger partial charge in [-0.15, -0.1) is 0 Å². The number of H-pyrrole nitrogens is 1. The molecule has 6 heteroatoms. The Morgan fingerprint density at radius 1 is 1.45 bits per heavy atom. The molecule has 0 unspecified atom stereocenters. The van der Waals surface area contributed by atoms with E-state index in [1.165, 1.54) is 0 Å². The zero-order chi connectivity index (χ0) is 14.1. The average molecular weight is 292 g/mol. The van der Waals surface area contributed by atoms with E-state index in [1.54, 1.807) is 31.4 Å². The number of rotatable bonds is 4. The van der Waals surface area contributed by atoms with Crippen molar-refractivity contribution in [3.63, 3.8) is 0 Å². The lowest BCUT2D eigenvalue weighted by molar-refractivity contribution is 0.102. The van der Waals surface area contributed by atoms with Crippen LogP contribution in [0.1, 0.15) is 34.9 Å². The minimum Gasteiger partial charge on any atom is -0.495 e. The maximum absolute atomic E-state index is 12.2. The summed E-state index contributed by atoms with van der Waals surface area (Å²) in [6, 6.07) is 6.85. The van der Waals surface area contributed by atoms with Gasteiger partial charge in [0.25, 0.3) is 5.91 Å². The summed E-state index contributed by atoms with van der Waals surface area (Å²) in [5.74, 6) is 0.805. The van der Waals surface area contributed by atoms with Crippen LogP contribution in [-0.4, -0.2) is 23.2 Å². The highest BCUT2D eigenvalue weighted by Crippen LogP contribution is 2.39. The van der Waals surface area contributed by atoms with E-state index in [-0.39, 0.29) is 5.91 Å². The summed E-state index contributed by atoms with van der Waals surface area (Å²) in [5.41, 5.74) is 1.92. The first-order valence-electron chi connectivity index (χ1n) is 6.37. The highest BCUT2D eigenvalue weighted by molar-refractivity contribution is 6.31. The number of hydrogen-bond donors (Lipinski definition) is 2. The quantitative estimate of drug-likeness (QED) is 0.909. The Morgan fingerprint density at radius 2 is 2.25 bits per heavy atom. The minimum atomic E-state index is -0.284. The molecule has 0 atom stereocenters. The molecule has 0 saturated heterocycles. The van der Waals surface area contributed by atoms with Gasteiger partial charge in [-0.1, -0.05) is 11.6 Å². The van der Waals surface area contributed by atoms with Crippen LogP contribution >= 0.6 is 11.6 Å². The van der Waals surface area contributed by atoms with Gasteiger partial charge in [-0.3, -0.25) is 9.89 Å². The zero-order valence-electron chi connectivity index (χ0n) is 10.9. The molecule has 1 aromatic carbocycles. The Labute approximate surface area is 121 Å². The van der Waals surface area contributed by atoms with E-state index >= 15 is 0 Å². The smallest absolute Gasteiger partial charge is 0.276 e. The molecule has 1 fully saturated rings. The van der Waals surface area contributed by atoms with E-state index < -0.39 is 0 Å². The predicted octanol–water partition coefficient (Wildman–Crippen LogP) is 3.20. The fourth-order valence-electron chi connectivity index (χ4n) is 2.02. The Hall–Kier alpha value is -2.01. The van der Waals surface area contributed by atoms with Crippen molar-refractivity contribution in [2.45, 2.75) is 18.8 Å². The molecular formula is C14H14ClN3O2. The van der Waals surface area contributed by atoms with Gasteiger partial charge in [0, 0.05) is 16.6 Å². The van der Waals surface area contributed by atoms with Crippen molar-refractivity contribution in [3.05, 3.63) is 40.7 Å². The second kappa shape index (κ2) is 5.17. The number of nitrogens with zero attached hydrogens (tertiary/aromatic N) is 1. The number of benzene rings is 1. The number of aromatic nitrogens is 2. The first-order valence-corrected chi connectivity index (χ1v) is 6.75. The second-order valence-corrected chi connectivity index (χ2v) is 5.22. The van der Waals surface area contributed by atoms with Crippen LogP contribution in [0.25, 0.3) is 0 Å². The van der Waals surface area contributed by atoms with Gasteiger partial charge in [-0.2, -0.15) is 5.10 Å². The molecule has 3 rings (SSSR count). The molecule has 1 aromatic heterocycles. The van der Waals surface area contributed by atoms with E-state index in [2.05, 4.69) is 15.5 Å². The molecule has 0 radical (unpaired) electrons.